The number of nitrogens with two attached hydrogens (primary N) is 1. The van der Waals surface area contributed by atoms with Gasteiger partial charge in [0.15, 0.2) is 0 Å². The summed E-state index contributed by atoms with van der Waals surface area (Å²) in [6.45, 7) is 2.21. The highest BCUT2D eigenvalue weighted by molar-refractivity contribution is 5.75. The molecule has 0 unspecified atom stereocenters. The third kappa shape index (κ3) is 2.69. The fraction of sp³-hybridized carbons (Fsp3) is 0.900. The first-order valence-corrected chi connectivity index (χ1v) is 4.91. The van der Waals surface area contributed by atoms with E-state index in [0.717, 1.165) is 6.42 Å². The van der Waals surface area contributed by atoms with E-state index in [1.807, 2.05) is 0 Å². The van der Waals surface area contributed by atoms with E-state index >= 15 is 0 Å². The lowest BCUT2D eigenvalue weighted by Gasteiger charge is -2.25. The zero-order chi connectivity index (χ0) is 9.90. The molecule has 1 saturated carbocycles. The third-order valence-corrected chi connectivity index (χ3v) is 3.03. The molecule has 1 rings (SSSR count). The summed E-state index contributed by atoms with van der Waals surface area (Å²) in [6, 6.07) is -0.437. The Morgan fingerprint density at radius 1 is 1.54 bits per heavy atom. The number of carbonyl (C=O) groups excluding carboxylic acids is 1. The molecule has 0 spiro atoms. The zero-order valence-corrected chi connectivity index (χ0v) is 8.51. The molecule has 0 saturated heterocycles. The van der Waals surface area contributed by atoms with Crippen LogP contribution < -0.4 is 5.73 Å². The number of rotatable bonds is 3. The van der Waals surface area contributed by atoms with Gasteiger partial charge in [-0.05, 0) is 24.7 Å². The van der Waals surface area contributed by atoms with Crippen molar-refractivity contribution in [3.05, 3.63) is 0 Å². The Balaban J connectivity index is 2.42. The van der Waals surface area contributed by atoms with Crippen LogP contribution in [0.2, 0.25) is 0 Å². The molecule has 3 heteroatoms. The van der Waals surface area contributed by atoms with Crippen LogP contribution in [0.5, 0.6) is 0 Å². The molecule has 1 fully saturated rings. The number of methoxy groups -OCH3 is 1. The Kier molecular flexibility index (Phi) is 3.31. The molecule has 0 bridgehead atoms. The molecule has 0 aromatic rings. The lowest BCUT2D eigenvalue weighted by atomic mass is 9.82. The Morgan fingerprint density at radius 2 is 2.08 bits per heavy atom. The highest BCUT2D eigenvalue weighted by Gasteiger charge is 2.32. The van der Waals surface area contributed by atoms with Gasteiger partial charge in [0.25, 0.3) is 0 Å². The molecule has 0 aromatic heterocycles. The number of hydrogen-bond acceptors (Lipinski definition) is 3. The van der Waals surface area contributed by atoms with Crippen LogP contribution in [0.15, 0.2) is 0 Å². The largest absolute Gasteiger partial charge is 0.468 e. The molecule has 3 nitrogen and oxygen atoms in total. The zero-order valence-electron chi connectivity index (χ0n) is 8.51. The maximum absolute atomic E-state index is 11.1. The summed E-state index contributed by atoms with van der Waals surface area (Å²) in [6.07, 6.45) is 5.68. The second-order valence-electron chi connectivity index (χ2n) is 4.35. The van der Waals surface area contributed by atoms with Gasteiger partial charge in [0, 0.05) is 0 Å². The van der Waals surface area contributed by atoms with Gasteiger partial charge in [0.1, 0.15) is 6.04 Å². The SMILES string of the molecule is COC(=O)[C@@H](N)CC1(C)CCCC1. The second-order valence-corrected chi connectivity index (χ2v) is 4.35. The third-order valence-electron chi connectivity index (χ3n) is 3.03. The highest BCUT2D eigenvalue weighted by atomic mass is 16.5. The summed E-state index contributed by atoms with van der Waals surface area (Å²) < 4.78 is 4.60. The van der Waals surface area contributed by atoms with E-state index in [9.17, 15) is 4.79 Å². The van der Waals surface area contributed by atoms with Gasteiger partial charge >= 0.3 is 5.97 Å². The van der Waals surface area contributed by atoms with Crippen molar-refractivity contribution in [2.45, 2.75) is 45.1 Å². The predicted molar refractivity (Wildman–Crippen MR) is 51.2 cm³/mol. The summed E-state index contributed by atoms with van der Waals surface area (Å²) in [5.74, 6) is -0.284. The van der Waals surface area contributed by atoms with E-state index in [4.69, 9.17) is 5.73 Å². The first kappa shape index (κ1) is 10.5. The molecule has 0 aromatic carbocycles. The fourth-order valence-electron chi connectivity index (χ4n) is 2.20. The van der Waals surface area contributed by atoms with E-state index < -0.39 is 6.04 Å². The van der Waals surface area contributed by atoms with Gasteiger partial charge in [0.05, 0.1) is 7.11 Å². The van der Waals surface area contributed by atoms with Gasteiger partial charge in [-0.3, -0.25) is 4.79 Å². The highest BCUT2D eigenvalue weighted by Crippen LogP contribution is 2.41. The van der Waals surface area contributed by atoms with Crippen molar-refractivity contribution in [1.29, 1.82) is 0 Å². The van der Waals surface area contributed by atoms with Crippen LogP contribution in [-0.4, -0.2) is 19.1 Å². The van der Waals surface area contributed by atoms with Crippen molar-refractivity contribution >= 4 is 5.97 Å². The average molecular weight is 185 g/mol. The summed E-state index contributed by atoms with van der Waals surface area (Å²) in [4.78, 5) is 11.1. The first-order chi connectivity index (χ1) is 6.07. The van der Waals surface area contributed by atoms with Crippen LogP contribution in [0.4, 0.5) is 0 Å². The van der Waals surface area contributed by atoms with Crippen molar-refractivity contribution in [1.82, 2.24) is 0 Å². The summed E-state index contributed by atoms with van der Waals surface area (Å²) in [5.41, 5.74) is 5.99. The second kappa shape index (κ2) is 4.09. The molecule has 76 valence electrons. The minimum absolute atomic E-state index is 0.271. The van der Waals surface area contributed by atoms with Crippen LogP contribution in [0.3, 0.4) is 0 Å². The maximum atomic E-state index is 11.1. The van der Waals surface area contributed by atoms with Crippen LogP contribution in [0, 0.1) is 5.41 Å². The first-order valence-electron chi connectivity index (χ1n) is 4.91. The van der Waals surface area contributed by atoms with E-state index in [0.29, 0.717) is 0 Å². The van der Waals surface area contributed by atoms with Crippen LogP contribution in [-0.2, 0) is 9.53 Å². The van der Waals surface area contributed by atoms with Gasteiger partial charge in [-0.1, -0.05) is 19.8 Å². The lowest BCUT2D eigenvalue weighted by Crippen LogP contribution is -2.36. The standard InChI is InChI=1S/C10H19NO2/c1-10(5-3-4-6-10)7-8(11)9(12)13-2/h8H,3-7,11H2,1-2H3/t8-/m0/s1. The summed E-state index contributed by atoms with van der Waals surface area (Å²) in [7, 11) is 1.39. The average Bonchev–Trinajstić information content (AvgIpc) is 2.50. The Morgan fingerprint density at radius 3 is 2.54 bits per heavy atom. The Labute approximate surface area is 79.6 Å². The van der Waals surface area contributed by atoms with E-state index in [2.05, 4.69) is 11.7 Å². The molecular formula is C10H19NO2. The molecule has 2 N–H and O–H groups in total. The lowest BCUT2D eigenvalue weighted by molar-refractivity contribution is -0.143. The number of esters is 1. The topological polar surface area (TPSA) is 52.3 Å². The molecule has 0 radical (unpaired) electrons. The number of hydrogen-bond donors (Lipinski definition) is 1. The molecule has 1 aliphatic rings. The molecule has 1 atom stereocenters. The van der Waals surface area contributed by atoms with E-state index in [-0.39, 0.29) is 11.4 Å². The quantitative estimate of drug-likeness (QED) is 0.677. The molecule has 13 heavy (non-hydrogen) atoms. The monoisotopic (exact) mass is 185 g/mol. The normalized spacial score (nSPS) is 22.7. The van der Waals surface area contributed by atoms with Gasteiger partial charge in [-0.2, -0.15) is 0 Å². The maximum Gasteiger partial charge on any atom is 0.322 e. The fourth-order valence-corrected chi connectivity index (χ4v) is 2.20. The summed E-state index contributed by atoms with van der Waals surface area (Å²) in [5, 5.41) is 0. The van der Waals surface area contributed by atoms with Crippen molar-refractivity contribution in [3.63, 3.8) is 0 Å². The Bertz CT molecular complexity index is 185. The molecule has 1 aliphatic carbocycles. The Hall–Kier alpha value is -0.570. The van der Waals surface area contributed by atoms with Crippen LogP contribution in [0.1, 0.15) is 39.0 Å². The minimum atomic E-state index is -0.437. The van der Waals surface area contributed by atoms with Gasteiger partial charge in [-0.25, -0.2) is 0 Å². The van der Waals surface area contributed by atoms with E-state index in [1.165, 1.54) is 32.8 Å². The summed E-state index contributed by atoms with van der Waals surface area (Å²) >= 11 is 0. The van der Waals surface area contributed by atoms with Crippen molar-refractivity contribution in [2.24, 2.45) is 11.1 Å². The number of carbonyl (C=O) groups is 1. The van der Waals surface area contributed by atoms with Crippen molar-refractivity contribution in [3.8, 4) is 0 Å². The van der Waals surface area contributed by atoms with Gasteiger partial charge in [0.2, 0.25) is 0 Å². The number of ether oxygens (including phenoxy) is 1. The van der Waals surface area contributed by atoms with Crippen molar-refractivity contribution in [2.75, 3.05) is 7.11 Å². The van der Waals surface area contributed by atoms with E-state index in [1.54, 1.807) is 0 Å². The van der Waals surface area contributed by atoms with Gasteiger partial charge < -0.3 is 10.5 Å². The molecule has 0 heterocycles. The smallest absolute Gasteiger partial charge is 0.322 e. The van der Waals surface area contributed by atoms with Crippen LogP contribution >= 0.6 is 0 Å². The molecule has 0 aliphatic heterocycles. The van der Waals surface area contributed by atoms with Crippen molar-refractivity contribution < 1.29 is 9.53 Å². The minimum Gasteiger partial charge on any atom is -0.468 e. The van der Waals surface area contributed by atoms with Gasteiger partial charge in [-0.15, -0.1) is 0 Å². The predicted octanol–water partition coefficient (Wildman–Crippen LogP) is 1.46. The molecular weight excluding hydrogens is 166 g/mol. The van der Waals surface area contributed by atoms with Crippen LogP contribution in [0.25, 0.3) is 0 Å². The molecule has 0 amide bonds.